The van der Waals surface area contributed by atoms with Crippen LogP contribution < -0.4 is 10.2 Å². The molecule has 118 valence electrons. The fraction of sp³-hybridized carbons (Fsp3) is 0.786. The topological polar surface area (TPSA) is 57.2 Å². The molecule has 1 unspecified atom stereocenters. The summed E-state index contributed by atoms with van der Waals surface area (Å²) in [4.78, 5) is 17.4. The van der Waals surface area contributed by atoms with E-state index in [0.717, 1.165) is 19.6 Å². The maximum Gasteiger partial charge on any atom is 0.231 e. The van der Waals surface area contributed by atoms with Crippen LogP contribution in [0, 0.1) is 0 Å². The number of nitrogens with zero attached hydrogens (tertiary/aromatic N) is 5. The Morgan fingerprint density at radius 2 is 1.86 bits per heavy atom. The first-order valence-corrected chi connectivity index (χ1v) is 8.16. The van der Waals surface area contributed by atoms with Gasteiger partial charge in [-0.05, 0) is 58.3 Å². The van der Waals surface area contributed by atoms with Gasteiger partial charge in [0.1, 0.15) is 0 Å². The highest BCUT2D eigenvalue weighted by Crippen LogP contribution is 2.15. The van der Waals surface area contributed by atoms with Crippen molar-refractivity contribution in [3.05, 3.63) is 5.28 Å². The van der Waals surface area contributed by atoms with Gasteiger partial charge in [-0.25, -0.2) is 0 Å². The molecule has 1 fully saturated rings. The van der Waals surface area contributed by atoms with E-state index in [2.05, 4.69) is 50.8 Å². The van der Waals surface area contributed by atoms with Gasteiger partial charge in [0, 0.05) is 25.7 Å². The molecular formula is C14H25ClN6. The van der Waals surface area contributed by atoms with Crippen LogP contribution >= 0.6 is 11.6 Å². The van der Waals surface area contributed by atoms with Crippen molar-refractivity contribution in [3.8, 4) is 0 Å². The Balaban J connectivity index is 1.99. The van der Waals surface area contributed by atoms with Crippen LogP contribution in [0.2, 0.25) is 5.28 Å². The number of anilines is 2. The fourth-order valence-electron chi connectivity index (χ4n) is 2.62. The summed E-state index contributed by atoms with van der Waals surface area (Å²) in [6.45, 7) is 11.3. The summed E-state index contributed by atoms with van der Waals surface area (Å²) in [6, 6.07) is 0.472. The standard InChI is InChI=1S/C14H25ClN6/c1-4-20(5-2)14-18-12(15)17-13(19-14)16-10-11(3)21-8-6-7-9-21/h11H,4-10H2,1-3H3,(H,16,17,18,19). The van der Waals surface area contributed by atoms with Gasteiger partial charge in [-0.3, -0.25) is 4.90 Å². The summed E-state index contributed by atoms with van der Waals surface area (Å²) in [6.07, 6.45) is 2.60. The minimum Gasteiger partial charge on any atom is -0.352 e. The lowest BCUT2D eigenvalue weighted by molar-refractivity contribution is 0.269. The quantitative estimate of drug-likeness (QED) is 0.833. The highest BCUT2D eigenvalue weighted by molar-refractivity contribution is 6.28. The Morgan fingerprint density at radius 1 is 1.19 bits per heavy atom. The second-order valence-corrected chi connectivity index (χ2v) is 5.71. The van der Waals surface area contributed by atoms with E-state index in [0.29, 0.717) is 17.9 Å². The Labute approximate surface area is 131 Å². The molecule has 0 spiro atoms. The van der Waals surface area contributed by atoms with E-state index in [4.69, 9.17) is 11.6 Å². The first-order chi connectivity index (χ1) is 10.1. The molecule has 1 atom stereocenters. The number of hydrogen-bond acceptors (Lipinski definition) is 6. The fourth-order valence-corrected chi connectivity index (χ4v) is 2.77. The minimum absolute atomic E-state index is 0.239. The third-order valence-electron chi connectivity index (χ3n) is 3.96. The second kappa shape index (κ2) is 7.75. The van der Waals surface area contributed by atoms with Crippen molar-refractivity contribution in [2.75, 3.05) is 42.9 Å². The molecule has 0 bridgehead atoms. The van der Waals surface area contributed by atoms with E-state index >= 15 is 0 Å². The molecule has 1 aliphatic heterocycles. The average Bonchev–Trinajstić information content (AvgIpc) is 3.00. The lowest BCUT2D eigenvalue weighted by Gasteiger charge is -2.24. The van der Waals surface area contributed by atoms with Crippen LogP contribution in [-0.2, 0) is 0 Å². The molecule has 1 N–H and O–H groups in total. The predicted octanol–water partition coefficient (Wildman–Crippen LogP) is 2.27. The lowest BCUT2D eigenvalue weighted by Crippen LogP contribution is -2.36. The zero-order valence-electron chi connectivity index (χ0n) is 13.1. The van der Waals surface area contributed by atoms with Crippen LogP contribution in [0.1, 0.15) is 33.6 Å². The van der Waals surface area contributed by atoms with E-state index in [1.165, 1.54) is 25.9 Å². The highest BCUT2D eigenvalue weighted by Gasteiger charge is 2.18. The van der Waals surface area contributed by atoms with E-state index < -0.39 is 0 Å². The molecule has 2 heterocycles. The number of hydrogen-bond donors (Lipinski definition) is 1. The van der Waals surface area contributed by atoms with Crippen molar-refractivity contribution in [2.45, 2.75) is 39.7 Å². The molecular weight excluding hydrogens is 288 g/mol. The number of halogens is 1. The monoisotopic (exact) mass is 312 g/mol. The second-order valence-electron chi connectivity index (χ2n) is 5.37. The van der Waals surface area contributed by atoms with Gasteiger partial charge in [0.2, 0.25) is 17.2 Å². The molecule has 1 aromatic rings. The van der Waals surface area contributed by atoms with E-state index in [1.807, 2.05) is 0 Å². The first-order valence-electron chi connectivity index (χ1n) is 7.78. The van der Waals surface area contributed by atoms with Crippen LogP contribution in [0.25, 0.3) is 0 Å². The SMILES string of the molecule is CCN(CC)c1nc(Cl)nc(NCC(C)N2CCCC2)n1. The third kappa shape index (κ3) is 4.41. The number of aromatic nitrogens is 3. The van der Waals surface area contributed by atoms with E-state index in [9.17, 15) is 0 Å². The number of rotatable bonds is 7. The zero-order chi connectivity index (χ0) is 15.2. The predicted molar refractivity (Wildman–Crippen MR) is 87.2 cm³/mol. The van der Waals surface area contributed by atoms with Crippen molar-refractivity contribution >= 4 is 23.5 Å². The summed E-state index contributed by atoms with van der Waals surface area (Å²) in [7, 11) is 0. The third-order valence-corrected chi connectivity index (χ3v) is 4.13. The molecule has 21 heavy (non-hydrogen) atoms. The van der Waals surface area contributed by atoms with Gasteiger partial charge >= 0.3 is 0 Å². The van der Waals surface area contributed by atoms with Gasteiger partial charge < -0.3 is 10.2 Å². The Hall–Kier alpha value is -1.14. The summed E-state index contributed by atoms with van der Waals surface area (Å²) in [5.74, 6) is 1.19. The van der Waals surface area contributed by atoms with E-state index in [1.54, 1.807) is 0 Å². The van der Waals surface area contributed by atoms with Crippen LogP contribution in [-0.4, -0.2) is 58.6 Å². The normalized spacial score (nSPS) is 17.0. The Morgan fingerprint density at radius 3 is 2.48 bits per heavy atom. The highest BCUT2D eigenvalue weighted by atomic mass is 35.5. The maximum atomic E-state index is 6.01. The van der Waals surface area contributed by atoms with Gasteiger partial charge in [-0.2, -0.15) is 15.0 Å². The molecule has 0 radical (unpaired) electrons. The molecule has 1 aromatic heterocycles. The molecule has 0 aliphatic carbocycles. The van der Waals surface area contributed by atoms with Crippen LogP contribution in [0.15, 0.2) is 0 Å². The van der Waals surface area contributed by atoms with Gasteiger partial charge in [-0.1, -0.05) is 0 Å². The first kappa shape index (κ1) is 16.2. The van der Waals surface area contributed by atoms with Gasteiger partial charge in [0.05, 0.1) is 0 Å². The molecule has 6 nitrogen and oxygen atoms in total. The van der Waals surface area contributed by atoms with E-state index in [-0.39, 0.29) is 5.28 Å². The largest absolute Gasteiger partial charge is 0.352 e. The Kier molecular flexibility index (Phi) is 5.99. The summed E-state index contributed by atoms with van der Waals surface area (Å²) >= 11 is 6.01. The van der Waals surface area contributed by atoms with Crippen molar-refractivity contribution < 1.29 is 0 Å². The van der Waals surface area contributed by atoms with Crippen LogP contribution in [0.4, 0.5) is 11.9 Å². The Bertz CT molecular complexity index is 445. The number of likely N-dealkylation sites (tertiary alicyclic amines) is 1. The van der Waals surface area contributed by atoms with Crippen molar-refractivity contribution in [1.29, 1.82) is 0 Å². The lowest BCUT2D eigenvalue weighted by atomic mass is 10.3. The average molecular weight is 313 g/mol. The molecule has 0 amide bonds. The van der Waals surface area contributed by atoms with Gasteiger partial charge in [0.15, 0.2) is 0 Å². The van der Waals surface area contributed by atoms with Crippen molar-refractivity contribution in [2.24, 2.45) is 0 Å². The molecule has 7 heteroatoms. The van der Waals surface area contributed by atoms with Crippen molar-refractivity contribution in [1.82, 2.24) is 19.9 Å². The molecule has 0 aromatic carbocycles. The zero-order valence-corrected chi connectivity index (χ0v) is 13.9. The van der Waals surface area contributed by atoms with Gasteiger partial charge in [-0.15, -0.1) is 0 Å². The van der Waals surface area contributed by atoms with Crippen LogP contribution in [0.3, 0.4) is 0 Å². The smallest absolute Gasteiger partial charge is 0.231 e. The molecule has 1 saturated heterocycles. The summed E-state index contributed by atoms with van der Waals surface area (Å²) in [5, 5.41) is 3.53. The van der Waals surface area contributed by atoms with Crippen LogP contribution in [0.5, 0.6) is 0 Å². The molecule has 2 rings (SSSR count). The minimum atomic E-state index is 0.239. The summed E-state index contributed by atoms with van der Waals surface area (Å²) in [5.41, 5.74) is 0. The number of nitrogens with one attached hydrogen (secondary N) is 1. The van der Waals surface area contributed by atoms with Gasteiger partial charge in [0.25, 0.3) is 0 Å². The maximum absolute atomic E-state index is 6.01. The molecule has 0 saturated carbocycles. The van der Waals surface area contributed by atoms with Crippen molar-refractivity contribution in [3.63, 3.8) is 0 Å². The summed E-state index contributed by atoms with van der Waals surface area (Å²) < 4.78 is 0. The molecule has 1 aliphatic rings.